The molecule has 1 atom stereocenters. The maximum Gasteiger partial charge on any atom is 0.228 e. The maximum atomic E-state index is 5.37. The zero-order valence-electron chi connectivity index (χ0n) is 13.3. The zero-order chi connectivity index (χ0) is 15.4. The molecule has 0 spiro atoms. The molecule has 0 saturated heterocycles. The van der Waals surface area contributed by atoms with Crippen LogP contribution in [-0.2, 0) is 6.42 Å². The molecule has 0 radical (unpaired) electrons. The second kappa shape index (κ2) is 6.72. The number of benzene rings is 1. The highest BCUT2D eigenvalue weighted by molar-refractivity contribution is 5.58. The summed E-state index contributed by atoms with van der Waals surface area (Å²) in [6.07, 6.45) is 0.732. The molecule has 114 valence electrons. The van der Waals surface area contributed by atoms with Gasteiger partial charge in [-0.05, 0) is 43.7 Å². The van der Waals surface area contributed by atoms with E-state index in [4.69, 9.17) is 9.26 Å². The van der Waals surface area contributed by atoms with Gasteiger partial charge in [-0.2, -0.15) is 4.98 Å². The largest absolute Gasteiger partial charge is 0.496 e. The van der Waals surface area contributed by atoms with E-state index < -0.39 is 0 Å². The molecule has 0 saturated carbocycles. The number of aromatic nitrogens is 2. The fourth-order valence-electron chi connectivity index (χ4n) is 2.33. The Bertz CT molecular complexity index is 593. The lowest BCUT2D eigenvalue weighted by molar-refractivity contribution is 0.335. The van der Waals surface area contributed by atoms with Gasteiger partial charge in [0, 0.05) is 18.0 Å². The molecule has 2 rings (SSSR count). The van der Waals surface area contributed by atoms with Crippen LogP contribution in [0.5, 0.6) is 5.75 Å². The molecule has 1 unspecified atom stereocenters. The first kappa shape index (κ1) is 15.5. The monoisotopic (exact) mass is 289 g/mol. The van der Waals surface area contributed by atoms with Crippen molar-refractivity contribution in [3.8, 4) is 17.1 Å². The van der Waals surface area contributed by atoms with Crippen molar-refractivity contribution < 1.29 is 9.26 Å². The minimum absolute atomic E-state index is 0.330. The van der Waals surface area contributed by atoms with Crippen LogP contribution in [0.2, 0.25) is 0 Å². The number of nitrogens with one attached hydrogen (secondary N) is 1. The smallest absolute Gasteiger partial charge is 0.228 e. The van der Waals surface area contributed by atoms with Gasteiger partial charge in [0.05, 0.1) is 7.11 Å². The third-order valence-electron chi connectivity index (χ3n) is 3.69. The van der Waals surface area contributed by atoms with E-state index in [0.29, 0.717) is 23.7 Å². The third-order valence-corrected chi connectivity index (χ3v) is 3.69. The average Bonchev–Trinajstić information content (AvgIpc) is 2.93. The van der Waals surface area contributed by atoms with Crippen molar-refractivity contribution in [2.45, 2.75) is 33.2 Å². The van der Waals surface area contributed by atoms with E-state index in [0.717, 1.165) is 23.3 Å². The number of rotatable bonds is 6. The number of hydrogen-bond donors (Lipinski definition) is 1. The first-order valence-corrected chi connectivity index (χ1v) is 7.20. The molecule has 1 aromatic heterocycles. The summed E-state index contributed by atoms with van der Waals surface area (Å²) in [6.45, 7) is 6.34. The van der Waals surface area contributed by atoms with Gasteiger partial charge in [-0.15, -0.1) is 0 Å². The van der Waals surface area contributed by atoms with E-state index in [-0.39, 0.29) is 0 Å². The van der Waals surface area contributed by atoms with Crippen molar-refractivity contribution in [2.24, 2.45) is 5.92 Å². The van der Waals surface area contributed by atoms with Crippen LogP contribution >= 0.6 is 0 Å². The summed E-state index contributed by atoms with van der Waals surface area (Å²) in [6, 6.07) is 6.20. The standard InChI is InChI=1S/C16H23N3O2/c1-10(2)13(17-4)9-15-18-16(19-21-15)12-6-7-14(20-5)11(3)8-12/h6-8,10,13,17H,9H2,1-5H3. The Balaban J connectivity index is 2.18. The van der Waals surface area contributed by atoms with Crippen molar-refractivity contribution in [1.29, 1.82) is 0 Å². The van der Waals surface area contributed by atoms with E-state index in [1.807, 2.05) is 32.2 Å². The van der Waals surface area contributed by atoms with Gasteiger partial charge in [-0.1, -0.05) is 19.0 Å². The first-order chi connectivity index (χ1) is 10.0. The molecule has 5 heteroatoms. The molecule has 1 N–H and O–H groups in total. The quantitative estimate of drug-likeness (QED) is 0.886. The highest BCUT2D eigenvalue weighted by Crippen LogP contribution is 2.24. The molecular weight excluding hydrogens is 266 g/mol. The molecule has 0 aliphatic rings. The predicted octanol–water partition coefficient (Wildman–Crippen LogP) is 2.84. The average molecular weight is 289 g/mol. The van der Waals surface area contributed by atoms with Gasteiger partial charge in [0.2, 0.25) is 11.7 Å². The van der Waals surface area contributed by atoms with Crippen molar-refractivity contribution in [1.82, 2.24) is 15.5 Å². The van der Waals surface area contributed by atoms with Gasteiger partial charge in [0.25, 0.3) is 0 Å². The van der Waals surface area contributed by atoms with Crippen molar-refractivity contribution in [2.75, 3.05) is 14.2 Å². The predicted molar refractivity (Wildman–Crippen MR) is 82.4 cm³/mol. The van der Waals surface area contributed by atoms with Gasteiger partial charge in [0.1, 0.15) is 5.75 Å². The lowest BCUT2D eigenvalue weighted by atomic mass is 10.0. The summed E-state index contributed by atoms with van der Waals surface area (Å²) in [5, 5.41) is 7.35. The van der Waals surface area contributed by atoms with E-state index >= 15 is 0 Å². The van der Waals surface area contributed by atoms with E-state index in [1.54, 1.807) is 7.11 Å². The van der Waals surface area contributed by atoms with Crippen molar-refractivity contribution in [3.63, 3.8) is 0 Å². The van der Waals surface area contributed by atoms with Gasteiger partial charge < -0.3 is 14.6 Å². The summed E-state index contributed by atoms with van der Waals surface area (Å²) in [7, 11) is 3.62. The van der Waals surface area contributed by atoms with Crippen molar-refractivity contribution in [3.05, 3.63) is 29.7 Å². The van der Waals surface area contributed by atoms with Gasteiger partial charge in [-0.25, -0.2) is 0 Å². The maximum absolute atomic E-state index is 5.37. The highest BCUT2D eigenvalue weighted by Gasteiger charge is 2.17. The van der Waals surface area contributed by atoms with Crippen LogP contribution in [0.4, 0.5) is 0 Å². The molecule has 0 aliphatic heterocycles. The lowest BCUT2D eigenvalue weighted by Gasteiger charge is -2.17. The SMILES string of the molecule is CNC(Cc1nc(-c2ccc(OC)c(C)c2)no1)C(C)C. The van der Waals surface area contributed by atoms with Crippen LogP contribution in [0.25, 0.3) is 11.4 Å². The molecule has 0 fully saturated rings. The minimum Gasteiger partial charge on any atom is -0.496 e. The van der Waals surface area contributed by atoms with E-state index in [9.17, 15) is 0 Å². The molecular formula is C16H23N3O2. The Morgan fingerprint density at radius 2 is 2.10 bits per heavy atom. The molecule has 0 bridgehead atoms. The Kier molecular flexibility index (Phi) is 4.96. The summed E-state index contributed by atoms with van der Waals surface area (Å²) in [5.41, 5.74) is 1.99. The van der Waals surface area contributed by atoms with Crippen LogP contribution in [0, 0.1) is 12.8 Å². The molecule has 2 aromatic rings. The fraction of sp³-hybridized carbons (Fsp3) is 0.500. The van der Waals surface area contributed by atoms with Gasteiger partial charge in [0.15, 0.2) is 0 Å². The summed E-state index contributed by atoms with van der Waals surface area (Å²) in [5.74, 6) is 2.65. The number of aryl methyl sites for hydroxylation is 1. The molecule has 1 heterocycles. The highest BCUT2D eigenvalue weighted by atomic mass is 16.5. The molecule has 5 nitrogen and oxygen atoms in total. The molecule has 0 aliphatic carbocycles. The van der Waals surface area contributed by atoms with E-state index in [2.05, 4.69) is 29.3 Å². The number of methoxy groups -OCH3 is 1. The van der Waals surface area contributed by atoms with Crippen LogP contribution in [-0.4, -0.2) is 30.3 Å². The second-order valence-electron chi connectivity index (χ2n) is 5.54. The first-order valence-electron chi connectivity index (χ1n) is 7.20. The van der Waals surface area contributed by atoms with Crippen LogP contribution in [0.15, 0.2) is 22.7 Å². The third kappa shape index (κ3) is 3.61. The number of likely N-dealkylation sites (N-methyl/N-ethyl adjacent to an activating group) is 1. The Morgan fingerprint density at radius 3 is 2.67 bits per heavy atom. The molecule has 0 amide bonds. The minimum atomic E-state index is 0.330. The van der Waals surface area contributed by atoms with Crippen LogP contribution in [0.3, 0.4) is 0 Å². The number of hydrogen-bond acceptors (Lipinski definition) is 5. The summed E-state index contributed by atoms with van der Waals surface area (Å²) >= 11 is 0. The van der Waals surface area contributed by atoms with E-state index in [1.165, 1.54) is 0 Å². The Labute approximate surface area is 125 Å². The van der Waals surface area contributed by atoms with Crippen molar-refractivity contribution >= 4 is 0 Å². The second-order valence-corrected chi connectivity index (χ2v) is 5.54. The zero-order valence-corrected chi connectivity index (χ0v) is 13.3. The van der Waals surface area contributed by atoms with Gasteiger partial charge in [-0.3, -0.25) is 0 Å². The van der Waals surface area contributed by atoms with Gasteiger partial charge >= 0.3 is 0 Å². The van der Waals surface area contributed by atoms with Crippen LogP contribution < -0.4 is 10.1 Å². The number of ether oxygens (including phenoxy) is 1. The summed E-state index contributed by atoms with van der Waals surface area (Å²) in [4.78, 5) is 4.49. The van der Waals surface area contributed by atoms with Crippen LogP contribution in [0.1, 0.15) is 25.3 Å². The molecule has 1 aromatic carbocycles. The number of nitrogens with zero attached hydrogens (tertiary/aromatic N) is 2. The Morgan fingerprint density at radius 1 is 1.33 bits per heavy atom. The Hall–Kier alpha value is -1.88. The fourth-order valence-corrected chi connectivity index (χ4v) is 2.33. The molecule has 21 heavy (non-hydrogen) atoms. The lowest BCUT2D eigenvalue weighted by Crippen LogP contribution is -2.32. The normalized spacial score (nSPS) is 12.7. The summed E-state index contributed by atoms with van der Waals surface area (Å²) < 4.78 is 10.6. The topological polar surface area (TPSA) is 60.2 Å².